The molecule has 3 aromatic rings. The van der Waals surface area contributed by atoms with Crippen molar-refractivity contribution in [3.63, 3.8) is 0 Å². The summed E-state index contributed by atoms with van der Waals surface area (Å²) in [5.41, 5.74) is 6.98. The van der Waals surface area contributed by atoms with Gasteiger partial charge in [-0.2, -0.15) is 0 Å². The van der Waals surface area contributed by atoms with Gasteiger partial charge < -0.3 is 10.2 Å². The Balaban J connectivity index is 2.07. The first-order chi connectivity index (χ1) is 8.75. The van der Waals surface area contributed by atoms with E-state index < -0.39 is 11.9 Å². The molecule has 0 saturated carbocycles. The molecular weight excluding hydrogens is 233 g/mol. The first kappa shape index (κ1) is 10.9. The van der Waals surface area contributed by atoms with Gasteiger partial charge in [-0.1, -0.05) is 12.1 Å². The van der Waals surface area contributed by atoms with Crippen molar-refractivity contribution in [2.75, 3.05) is 0 Å². The normalized spacial score (nSPS) is 12.8. The van der Waals surface area contributed by atoms with Crippen LogP contribution in [-0.4, -0.2) is 9.97 Å². The molecule has 0 spiro atoms. The average Bonchev–Trinajstić information content (AvgIpc) is 2.84. The number of halogens is 1. The van der Waals surface area contributed by atoms with Gasteiger partial charge in [-0.25, -0.2) is 14.4 Å². The molecule has 0 fully saturated rings. The van der Waals surface area contributed by atoms with Gasteiger partial charge in [-0.05, 0) is 12.1 Å². The minimum Gasteiger partial charge on any atom is -0.456 e. The van der Waals surface area contributed by atoms with E-state index in [1.54, 1.807) is 30.6 Å². The smallest absolute Gasteiger partial charge is 0.169 e. The van der Waals surface area contributed by atoms with Gasteiger partial charge in [-0.15, -0.1) is 0 Å². The Morgan fingerprint density at radius 2 is 2.00 bits per heavy atom. The fraction of sp³-hybridized carbons (Fsp3) is 0.0769. The van der Waals surface area contributed by atoms with E-state index in [0.29, 0.717) is 11.1 Å². The molecule has 1 aromatic carbocycles. The maximum absolute atomic E-state index is 13.5. The summed E-state index contributed by atoms with van der Waals surface area (Å²) in [4.78, 5) is 7.79. The van der Waals surface area contributed by atoms with Gasteiger partial charge in [0.1, 0.15) is 12.1 Å². The molecule has 3 rings (SSSR count). The lowest BCUT2D eigenvalue weighted by atomic mass is 10.1. The number of rotatable bonds is 2. The number of furan rings is 1. The number of nitrogens with zero attached hydrogens (tertiary/aromatic N) is 2. The van der Waals surface area contributed by atoms with Gasteiger partial charge in [0, 0.05) is 23.3 Å². The van der Waals surface area contributed by atoms with E-state index in [-0.39, 0.29) is 5.58 Å². The summed E-state index contributed by atoms with van der Waals surface area (Å²) < 4.78 is 19.0. The van der Waals surface area contributed by atoms with Crippen molar-refractivity contribution in [2.45, 2.75) is 6.04 Å². The van der Waals surface area contributed by atoms with Crippen molar-refractivity contribution in [1.29, 1.82) is 0 Å². The van der Waals surface area contributed by atoms with E-state index in [1.165, 1.54) is 12.4 Å². The van der Waals surface area contributed by atoms with Crippen LogP contribution < -0.4 is 5.73 Å². The molecule has 2 aromatic heterocycles. The minimum absolute atomic E-state index is 0.222. The standard InChI is InChI=1S/C13H10FN3O/c14-10-3-1-2-8-4-11(18-13(8)10)12(15)9-5-16-7-17-6-9/h1-7,12H,15H2. The van der Waals surface area contributed by atoms with E-state index in [4.69, 9.17) is 10.2 Å². The summed E-state index contributed by atoms with van der Waals surface area (Å²) in [7, 11) is 0. The lowest BCUT2D eigenvalue weighted by molar-refractivity contribution is 0.501. The molecule has 90 valence electrons. The number of aromatic nitrogens is 2. The van der Waals surface area contributed by atoms with Crippen molar-refractivity contribution in [2.24, 2.45) is 5.73 Å². The highest BCUT2D eigenvalue weighted by Gasteiger charge is 2.16. The number of para-hydroxylation sites is 1. The maximum Gasteiger partial charge on any atom is 0.169 e. The number of hydrogen-bond donors (Lipinski definition) is 1. The maximum atomic E-state index is 13.5. The highest BCUT2D eigenvalue weighted by atomic mass is 19.1. The molecular formula is C13H10FN3O. The molecule has 0 aliphatic carbocycles. The average molecular weight is 243 g/mol. The van der Waals surface area contributed by atoms with Crippen LogP contribution in [0.25, 0.3) is 11.0 Å². The molecule has 4 nitrogen and oxygen atoms in total. The summed E-state index contributed by atoms with van der Waals surface area (Å²) in [6, 6.07) is 5.99. The van der Waals surface area contributed by atoms with Crippen LogP contribution in [0.4, 0.5) is 4.39 Å². The van der Waals surface area contributed by atoms with E-state index in [0.717, 1.165) is 5.56 Å². The van der Waals surface area contributed by atoms with E-state index in [9.17, 15) is 4.39 Å². The topological polar surface area (TPSA) is 64.9 Å². The van der Waals surface area contributed by atoms with Gasteiger partial charge in [0.05, 0.1) is 6.04 Å². The van der Waals surface area contributed by atoms with Crippen LogP contribution >= 0.6 is 0 Å². The summed E-state index contributed by atoms with van der Waals surface area (Å²) in [5, 5.41) is 0.692. The van der Waals surface area contributed by atoms with Crippen LogP contribution in [0.2, 0.25) is 0 Å². The predicted octanol–water partition coefficient (Wildman–Crippen LogP) is 2.41. The Morgan fingerprint density at radius 1 is 1.22 bits per heavy atom. The Morgan fingerprint density at radius 3 is 2.72 bits per heavy atom. The molecule has 1 atom stereocenters. The van der Waals surface area contributed by atoms with E-state index >= 15 is 0 Å². The molecule has 18 heavy (non-hydrogen) atoms. The Labute approximate surface area is 102 Å². The van der Waals surface area contributed by atoms with Crippen molar-refractivity contribution in [3.8, 4) is 0 Å². The fourth-order valence-electron chi connectivity index (χ4n) is 1.84. The van der Waals surface area contributed by atoms with Gasteiger partial charge in [-0.3, -0.25) is 0 Å². The summed E-state index contributed by atoms with van der Waals surface area (Å²) in [6.07, 6.45) is 4.65. The molecule has 0 amide bonds. The van der Waals surface area contributed by atoms with Crippen molar-refractivity contribution >= 4 is 11.0 Å². The molecule has 0 saturated heterocycles. The third-order valence-electron chi connectivity index (χ3n) is 2.76. The quantitative estimate of drug-likeness (QED) is 0.750. The number of benzene rings is 1. The van der Waals surface area contributed by atoms with Crippen LogP contribution in [0.15, 0.2) is 47.4 Å². The number of fused-ring (bicyclic) bond motifs is 1. The molecule has 2 N–H and O–H groups in total. The molecule has 0 aliphatic heterocycles. The first-order valence-electron chi connectivity index (χ1n) is 5.44. The summed E-state index contributed by atoms with van der Waals surface area (Å²) in [6.45, 7) is 0. The summed E-state index contributed by atoms with van der Waals surface area (Å²) >= 11 is 0. The lowest BCUT2D eigenvalue weighted by Crippen LogP contribution is -2.11. The second-order valence-electron chi connectivity index (χ2n) is 3.96. The third-order valence-corrected chi connectivity index (χ3v) is 2.76. The summed E-state index contributed by atoms with van der Waals surface area (Å²) in [5.74, 6) is 0.0974. The number of hydrogen-bond acceptors (Lipinski definition) is 4. The van der Waals surface area contributed by atoms with Gasteiger partial charge in [0.15, 0.2) is 11.4 Å². The van der Waals surface area contributed by atoms with Crippen LogP contribution in [-0.2, 0) is 0 Å². The van der Waals surface area contributed by atoms with Crippen molar-refractivity contribution in [3.05, 3.63) is 60.1 Å². The van der Waals surface area contributed by atoms with Crippen LogP contribution in [0, 0.1) is 5.82 Å². The Kier molecular flexibility index (Phi) is 2.53. The third kappa shape index (κ3) is 1.74. The Bertz CT molecular complexity index is 681. The van der Waals surface area contributed by atoms with Crippen LogP contribution in [0.1, 0.15) is 17.4 Å². The van der Waals surface area contributed by atoms with Gasteiger partial charge >= 0.3 is 0 Å². The molecule has 0 aliphatic rings. The van der Waals surface area contributed by atoms with Crippen molar-refractivity contribution < 1.29 is 8.81 Å². The zero-order chi connectivity index (χ0) is 12.5. The molecule has 1 unspecified atom stereocenters. The van der Waals surface area contributed by atoms with Gasteiger partial charge in [0.2, 0.25) is 0 Å². The molecule has 5 heteroatoms. The van der Waals surface area contributed by atoms with Crippen LogP contribution in [0.5, 0.6) is 0 Å². The SMILES string of the molecule is NC(c1cncnc1)c1cc2cccc(F)c2o1. The van der Waals surface area contributed by atoms with Crippen LogP contribution in [0.3, 0.4) is 0 Å². The lowest BCUT2D eigenvalue weighted by Gasteiger charge is -2.06. The highest BCUT2D eigenvalue weighted by molar-refractivity contribution is 5.78. The molecule has 0 bridgehead atoms. The second kappa shape index (κ2) is 4.19. The van der Waals surface area contributed by atoms with E-state index in [2.05, 4.69) is 9.97 Å². The van der Waals surface area contributed by atoms with E-state index in [1.807, 2.05) is 0 Å². The fourth-order valence-corrected chi connectivity index (χ4v) is 1.84. The zero-order valence-corrected chi connectivity index (χ0v) is 9.38. The first-order valence-corrected chi connectivity index (χ1v) is 5.44. The molecule has 2 heterocycles. The minimum atomic E-state index is -0.502. The predicted molar refractivity (Wildman–Crippen MR) is 64.2 cm³/mol. The number of nitrogens with two attached hydrogens (primary N) is 1. The van der Waals surface area contributed by atoms with Crippen molar-refractivity contribution in [1.82, 2.24) is 9.97 Å². The zero-order valence-electron chi connectivity index (χ0n) is 9.38. The Hall–Kier alpha value is -2.27. The highest BCUT2D eigenvalue weighted by Crippen LogP contribution is 2.27. The molecule has 0 radical (unpaired) electrons. The van der Waals surface area contributed by atoms with Gasteiger partial charge in [0.25, 0.3) is 0 Å². The monoisotopic (exact) mass is 243 g/mol. The largest absolute Gasteiger partial charge is 0.456 e. The second-order valence-corrected chi connectivity index (χ2v) is 3.96.